The molecule has 0 N–H and O–H groups in total. The number of ether oxygens (including phenoxy) is 2. The van der Waals surface area contributed by atoms with Crippen LogP contribution in [0.2, 0.25) is 5.02 Å². The Hall–Kier alpha value is -2.58. The molecule has 1 aromatic heterocycles. The van der Waals surface area contributed by atoms with Crippen LogP contribution >= 0.6 is 27.5 Å². The third-order valence-electron chi connectivity index (χ3n) is 6.05. The van der Waals surface area contributed by atoms with E-state index in [-0.39, 0.29) is 12.2 Å². The summed E-state index contributed by atoms with van der Waals surface area (Å²) >= 11 is 9.42. The number of pyridine rings is 1. The molecule has 7 heteroatoms. The van der Waals surface area contributed by atoms with Crippen LogP contribution < -0.4 is 0 Å². The first-order valence-corrected chi connectivity index (χ1v) is 14.5. The predicted molar refractivity (Wildman–Crippen MR) is 169 cm³/mol. The fraction of sp³-hybridized carbons (Fsp3) is 0.303. The molecule has 1 heterocycles. The third-order valence-corrected chi connectivity index (χ3v) is 6.83. The lowest BCUT2D eigenvalue weighted by atomic mass is 10.0. The van der Waals surface area contributed by atoms with E-state index in [4.69, 9.17) is 21.1 Å². The van der Waals surface area contributed by atoms with Gasteiger partial charge in [-0.25, -0.2) is 0 Å². The summed E-state index contributed by atoms with van der Waals surface area (Å²) < 4.78 is 13.2. The average molecular weight is 625 g/mol. The van der Waals surface area contributed by atoms with Gasteiger partial charge >= 0.3 is 0 Å². The van der Waals surface area contributed by atoms with E-state index in [0.29, 0.717) is 13.2 Å². The van der Waals surface area contributed by atoms with Gasteiger partial charge in [0.25, 0.3) is 0 Å². The minimum absolute atomic E-state index is 0.00995. The highest BCUT2D eigenvalue weighted by Crippen LogP contribution is 2.27. The molecule has 212 valence electrons. The first-order chi connectivity index (χ1) is 19.3. The number of rotatable bonds is 12. The van der Waals surface area contributed by atoms with Gasteiger partial charge in [-0.2, -0.15) is 0 Å². The standard InChI is InChI=1S/C17H20BrNO.C16H19ClN2O/c1-19(2)12-13-20-17(14-6-4-3-5-7-14)15-8-10-16(18)11-9-15;1-19(2)11-12-20-16(15-5-3-4-10-18-15)13-6-8-14(17)9-7-13/h3-11,17H,12-13H2,1-2H3;3-10,16H,11-12H2,1-2H3. The summed E-state index contributed by atoms with van der Waals surface area (Å²) in [5.41, 5.74) is 4.34. The highest BCUT2D eigenvalue weighted by Gasteiger charge is 2.16. The highest BCUT2D eigenvalue weighted by molar-refractivity contribution is 9.10. The zero-order valence-corrected chi connectivity index (χ0v) is 26.1. The first kappa shape index (κ1) is 31.9. The van der Waals surface area contributed by atoms with E-state index in [9.17, 15) is 0 Å². The molecule has 0 saturated carbocycles. The van der Waals surface area contributed by atoms with Crippen molar-refractivity contribution in [3.8, 4) is 0 Å². The maximum Gasteiger partial charge on any atom is 0.124 e. The zero-order valence-electron chi connectivity index (χ0n) is 23.7. The van der Waals surface area contributed by atoms with E-state index in [1.165, 1.54) is 11.1 Å². The second kappa shape index (κ2) is 17.3. The van der Waals surface area contributed by atoms with Crippen molar-refractivity contribution in [2.75, 3.05) is 54.5 Å². The number of benzene rings is 3. The molecule has 0 bridgehead atoms. The Bertz CT molecular complexity index is 1130. The molecule has 5 nitrogen and oxygen atoms in total. The van der Waals surface area contributed by atoms with E-state index in [1.807, 2.05) is 62.6 Å². The van der Waals surface area contributed by atoms with Gasteiger partial charge in [-0.05, 0) is 81.3 Å². The van der Waals surface area contributed by atoms with Gasteiger partial charge in [-0.3, -0.25) is 4.98 Å². The molecule has 0 fully saturated rings. The quantitative estimate of drug-likeness (QED) is 0.163. The molecule has 4 aromatic rings. The smallest absolute Gasteiger partial charge is 0.124 e. The normalized spacial score (nSPS) is 12.6. The van der Waals surface area contributed by atoms with Crippen LogP contribution in [0.25, 0.3) is 0 Å². The maximum absolute atomic E-state index is 6.11. The molecule has 3 aromatic carbocycles. The Kier molecular flexibility index (Phi) is 13.8. The van der Waals surface area contributed by atoms with Crippen molar-refractivity contribution >= 4 is 27.5 Å². The molecule has 2 unspecified atom stereocenters. The molecular formula is C33H39BrClN3O2. The van der Waals surface area contributed by atoms with Gasteiger partial charge in [0.05, 0.1) is 18.9 Å². The van der Waals surface area contributed by atoms with Crippen LogP contribution in [0.15, 0.2) is 108 Å². The van der Waals surface area contributed by atoms with Gasteiger partial charge < -0.3 is 19.3 Å². The van der Waals surface area contributed by atoms with Crippen LogP contribution in [0.5, 0.6) is 0 Å². The summed E-state index contributed by atoms with van der Waals surface area (Å²) in [6.45, 7) is 3.15. The summed E-state index contributed by atoms with van der Waals surface area (Å²) in [5.74, 6) is 0. The fourth-order valence-electron chi connectivity index (χ4n) is 3.88. The molecule has 0 spiro atoms. The summed E-state index contributed by atoms with van der Waals surface area (Å²) in [5, 5.41) is 0.724. The van der Waals surface area contributed by atoms with Gasteiger partial charge in [0, 0.05) is 28.8 Å². The van der Waals surface area contributed by atoms with Gasteiger partial charge in [0.15, 0.2) is 0 Å². The number of hydrogen-bond acceptors (Lipinski definition) is 5. The second-order valence-corrected chi connectivity index (χ2v) is 11.2. The van der Waals surface area contributed by atoms with Crippen molar-refractivity contribution < 1.29 is 9.47 Å². The first-order valence-electron chi connectivity index (χ1n) is 13.3. The average Bonchev–Trinajstić information content (AvgIpc) is 2.96. The van der Waals surface area contributed by atoms with Crippen molar-refractivity contribution in [1.29, 1.82) is 0 Å². The number of likely N-dealkylation sites (N-methyl/N-ethyl adjacent to an activating group) is 2. The summed E-state index contributed by atoms with van der Waals surface area (Å²) in [6, 6.07) is 32.3. The fourth-order valence-corrected chi connectivity index (χ4v) is 4.27. The van der Waals surface area contributed by atoms with E-state index in [2.05, 4.69) is 93.3 Å². The summed E-state index contributed by atoms with van der Waals surface area (Å²) in [7, 11) is 8.17. The van der Waals surface area contributed by atoms with Crippen LogP contribution in [0, 0.1) is 0 Å². The Labute approximate surface area is 252 Å². The van der Waals surface area contributed by atoms with Gasteiger partial charge in [-0.1, -0.05) is 88.2 Å². The second-order valence-electron chi connectivity index (χ2n) is 9.88. The zero-order chi connectivity index (χ0) is 28.7. The van der Waals surface area contributed by atoms with Gasteiger partial charge in [-0.15, -0.1) is 0 Å². The summed E-state index contributed by atoms with van der Waals surface area (Å²) in [6.07, 6.45) is 1.62. The van der Waals surface area contributed by atoms with Crippen molar-refractivity contribution in [2.45, 2.75) is 12.2 Å². The monoisotopic (exact) mass is 623 g/mol. The van der Waals surface area contributed by atoms with Crippen LogP contribution in [-0.2, 0) is 9.47 Å². The molecule has 0 radical (unpaired) electrons. The predicted octanol–water partition coefficient (Wildman–Crippen LogP) is 7.52. The minimum atomic E-state index is -0.159. The van der Waals surface area contributed by atoms with Crippen LogP contribution in [-0.4, -0.2) is 69.3 Å². The van der Waals surface area contributed by atoms with Crippen LogP contribution in [0.4, 0.5) is 0 Å². The SMILES string of the molecule is CN(C)CCOC(c1ccc(Cl)cc1)c1ccccn1.CN(C)CCOC(c1ccccc1)c1ccc(Br)cc1. The van der Waals surface area contributed by atoms with Crippen LogP contribution in [0.1, 0.15) is 34.6 Å². The Balaban J connectivity index is 0.000000220. The highest BCUT2D eigenvalue weighted by atomic mass is 79.9. The maximum atomic E-state index is 6.11. The van der Waals surface area contributed by atoms with E-state index < -0.39 is 0 Å². The molecule has 0 amide bonds. The van der Waals surface area contributed by atoms with Crippen molar-refractivity contribution in [2.24, 2.45) is 0 Å². The number of halogens is 2. The van der Waals surface area contributed by atoms with Gasteiger partial charge in [0.2, 0.25) is 0 Å². The van der Waals surface area contributed by atoms with E-state index in [1.54, 1.807) is 6.20 Å². The Morgan fingerprint density at radius 1 is 0.650 bits per heavy atom. The van der Waals surface area contributed by atoms with Crippen molar-refractivity contribution in [1.82, 2.24) is 14.8 Å². The molecule has 4 rings (SSSR count). The molecule has 0 aliphatic rings. The largest absolute Gasteiger partial charge is 0.367 e. The minimum Gasteiger partial charge on any atom is -0.367 e. The molecular weight excluding hydrogens is 586 g/mol. The number of hydrogen-bond donors (Lipinski definition) is 0. The Morgan fingerprint density at radius 2 is 1.15 bits per heavy atom. The molecule has 0 saturated heterocycles. The summed E-state index contributed by atoms with van der Waals surface area (Å²) in [4.78, 5) is 8.63. The molecule has 0 aliphatic carbocycles. The third kappa shape index (κ3) is 11.1. The lowest BCUT2D eigenvalue weighted by molar-refractivity contribution is 0.0662. The van der Waals surface area contributed by atoms with E-state index in [0.717, 1.165) is 33.8 Å². The Morgan fingerprint density at radius 3 is 1.70 bits per heavy atom. The molecule has 40 heavy (non-hydrogen) atoms. The van der Waals surface area contributed by atoms with Crippen molar-refractivity contribution in [3.05, 3.63) is 135 Å². The van der Waals surface area contributed by atoms with Crippen LogP contribution in [0.3, 0.4) is 0 Å². The van der Waals surface area contributed by atoms with E-state index >= 15 is 0 Å². The van der Waals surface area contributed by atoms with Crippen molar-refractivity contribution in [3.63, 3.8) is 0 Å². The topological polar surface area (TPSA) is 37.8 Å². The number of nitrogens with zero attached hydrogens (tertiary/aromatic N) is 3. The molecule has 0 aliphatic heterocycles. The lowest BCUT2D eigenvalue weighted by Crippen LogP contribution is -2.20. The van der Waals surface area contributed by atoms with Gasteiger partial charge in [0.1, 0.15) is 12.2 Å². The number of aromatic nitrogens is 1. The lowest BCUT2D eigenvalue weighted by Gasteiger charge is -2.20. The molecule has 2 atom stereocenters.